The lowest BCUT2D eigenvalue weighted by molar-refractivity contribution is 0.0965. The lowest BCUT2D eigenvalue weighted by atomic mass is 9.87. The minimum absolute atomic E-state index is 0.263. The van der Waals surface area contributed by atoms with Gasteiger partial charge in [-0.15, -0.1) is 0 Å². The number of piperidine rings is 2. The maximum absolute atomic E-state index is 11.3. The summed E-state index contributed by atoms with van der Waals surface area (Å²) in [6.45, 7) is 8.93. The number of halogens is 1. The van der Waals surface area contributed by atoms with E-state index < -0.39 is 0 Å². The van der Waals surface area contributed by atoms with Gasteiger partial charge < -0.3 is 14.2 Å². The Morgan fingerprint density at radius 2 is 1.82 bits per heavy atom. The topological polar surface area (TPSA) is 50.6 Å². The molecular formula is C31H39ClN4O2. The van der Waals surface area contributed by atoms with Gasteiger partial charge >= 0.3 is 0 Å². The Bertz CT molecular complexity index is 1240. The molecule has 0 radical (unpaired) electrons. The van der Waals surface area contributed by atoms with Gasteiger partial charge in [-0.05, 0) is 114 Å². The molecule has 6 nitrogen and oxygen atoms in total. The molecule has 2 aromatic carbocycles. The second-order valence-electron chi connectivity index (χ2n) is 10.8. The lowest BCUT2D eigenvalue weighted by Gasteiger charge is -2.41. The first-order valence-corrected chi connectivity index (χ1v) is 14.5. The largest absolute Gasteiger partial charge is 0.486 e. The fourth-order valence-electron chi connectivity index (χ4n) is 6.17. The van der Waals surface area contributed by atoms with Crippen molar-refractivity contribution >= 4 is 28.6 Å². The predicted octanol–water partition coefficient (Wildman–Crippen LogP) is 5.92. The van der Waals surface area contributed by atoms with Crippen molar-refractivity contribution < 1.29 is 9.53 Å². The van der Waals surface area contributed by atoms with Gasteiger partial charge in [0.25, 0.3) is 0 Å². The summed E-state index contributed by atoms with van der Waals surface area (Å²) in [4.78, 5) is 21.3. The van der Waals surface area contributed by atoms with Crippen LogP contribution in [0.5, 0.6) is 5.75 Å². The van der Waals surface area contributed by atoms with Crippen LogP contribution in [0.25, 0.3) is 11.0 Å². The zero-order valence-electron chi connectivity index (χ0n) is 22.4. The minimum Gasteiger partial charge on any atom is -0.486 e. The number of imidazole rings is 1. The van der Waals surface area contributed by atoms with Gasteiger partial charge in [-0.3, -0.25) is 4.90 Å². The lowest BCUT2D eigenvalue weighted by Crippen LogP contribution is -2.46. The van der Waals surface area contributed by atoms with E-state index >= 15 is 0 Å². The highest BCUT2D eigenvalue weighted by molar-refractivity contribution is 6.30. The molecule has 1 aromatic heterocycles. The number of rotatable bonds is 10. The maximum Gasteiger partial charge on any atom is 0.148 e. The van der Waals surface area contributed by atoms with Crippen LogP contribution in [0.3, 0.4) is 0 Å². The Balaban J connectivity index is 1.18. The highest BCUT2D eigenvalue weighted by atomic mass is 35.5. The number of ether oxygens (including phenoxy) is 1. The number of nitrogens with zero attached hydrogens (tertiary/aromatic N) is 4. The number of likely N-dealkylation sites (tertiary alicyclic amines) is 2. The SMILES string of the molecule is Cc1cccc2c1nc(COc1ccc(Cl)cc1)n2CCCN1CCC(C(C=C=O)N2CCCCC2)CC1. The molecule has 7 heteroatoms. The molecule has 5 rings (SSSR count). The van der Waals surface area contributed by atoms with E-state index in [1.54, 1.807) is 6.08 Å². The van der Waals surface area contributed by atoms with E-state index in [2.05, 4.69) is 45.4 Å². The van der Waals surface area contributed by atoms with Crippen LogP contribution in [0.2, 0.25) is 5.02 Å². The van der Waals surface area contributed by atoms with Crippen LogP contribution >= 0.6 is 11.6 Å². The van der Waals surface area contributed by atoms with Crippen LogP contribution < -0.4 is 4.74 Å². The summed E-state index contributed by atoms with van der Waals surface area (Å²) in [5.41, 5.74) is 3.40. The van der Waals surface area contributed by atoms with E-state index in [9.17, 15) is 4.79 Å². The Morgan fingerprint density at radius 3 is 2.55 bits per heavy atom. The van der Waals surface area contributed by atoms with Crippen molar-refractivity contribution in [3.63, 3.8) is 0 Å². The van der Waals surface area contributed by atoms with E-state index in [1.807, 2.05) is 24.3 Å². The van der Waals surface area contributed by atoms with Crippen LogP contribution in [-0.4, -0.2) is 64.1 Å². The number of aromatic nitrogens is 2. The van der Waals surface area contributed by atoms with Crippen LogP contribution in [0.15, 0.2) is 48.5 Å². The number of aryl methyl sites for hydroxylation is 2. The fourth-order valence-corrected chi connectivity index (χ4v) is 6.30. The van der Waals surface area contributed by atoms with E-state index in [0.29, 0.717) is 17.5 Å². The molecule has 202 valence electrons. The molecule has 1 atom stereocenters. The molecule has 3 aromatic rings. The normalized spacial score (nSPS) is 18.4. The quantitative estimate of drug-likeness (QED) is 0.302. The molecule has 2 aliphatic rings. The summed E-state index contributed by atoms with van der Waals surface area (Å²) in [5, 5.41) is 0.700. The summed E-state index contributed by atoms with van der Waals surface area (Å²) in [6.07, 6.45) is 8.95. The molecule has 3 heterocycles. The number of fused-ring (bicyclic) bond motifs is 1. The molecule has 0 bridgehead atoms. The van der Waals surface area contributed by atoms with Crippen molar-refractivity contribution in [1.29, 1.82) is 0 Å². The van der Waals surface area contributed by atoms with Crippen LogP contribution in [0.4, 0.5) is 0 Å². The third-order valence-corrected chi connectivity index (χ3v) is 8.52. The summed E-state index contributed by atoms with van der Waals surface area (Å²) in [7, 11) is 0. The van der Waals surface area contributed by atoms with Gasteiger partial charge in [0, 0.05) is 23.7 Å². The number of benzene rings is 2. The van der Waals surface area contributed by atoms with Gasteiger partial charge in [0.05, 0.1) is 11.0 Å². The van der Waals surface area contributed by atoms with Crippen molar-refractivity contribution in [2.45, 2.75) is 64.6 Å². The van der Waals surface area contributed by atoms with Crippen LogP contribution in [0, 0.1) is 12.8 Å². The molecule has 2 fully saturated rings. The standard InChI is InChI=1S/C31H39ClN4O2/c1-24-7-5-8-29-31(24)33-30(23-38-27-11-9-26(32)10-12-27)36(29)19-6-16-34-20-13-25(14-21-34)28(15-22-37)35-17-3-2-4-18-35/h5,7-12,15,25,28H,2-4,6,13-14,16-21,23H2,1H3. The van der Waals surface area contributed by atoms with Crippen LogP contribution in [0.1, 0.15) is 49.9 Å². The first-order valence-electron chi connectivity index (χ1n) is 14.1. The highest BCUT2D eigenvalue weighted by Gasteiger charge is 2.30. The Kier molecular flexibility index (Phi) is 9.18. The van der Waals surface area contributed by atoms with E-state index in [1.165, 1.54) is 30.3 Å². The summed E-state index contributed by atoms with van der Waals surface area (Å²) < 4.78 is 8.40. The van der Waals surface area contributed by atoms with Gasteiger partial charge in [0.2, 0.25) is 0 Å². The molecule has 1 unspecified atom stereocenters. The smallest absolute Gasteiger partial charge is 0.148 e. The summed E-state index contributed by atoms with van der Waals surface area (Å²) in [6, 6.07) is 14.1. The van der Waals surface area contributed by atoms with Crippen molar-refractivity contribution in [2.24, 2.45) is 5.92 Å². The monoisotopic (exact) mass is 534 g/mol. The minimum atomic E-state index is 0.263. The molecule has 0 amide bonds. The molecule has 0 aliphatic carbocycles. The van der Waals surface area contributed by atoms with Crippen molar-refractivity contribution in [3.05, 3.63) is 65.0 Å². The number of hydrogen-bond acceptors (Lipinski definition) is 5. The van der Waals surface area contributed by atoms with Gasteiger partial charge in [-0.25, -0.2) is 9.78 Å². The second kappa shape index (κ2) is 12.9. The van der Waals surface area contributed by atoms with E-state index in [4.69, 9.17) is 21.3 Å². The molecule has 0 N–H and O–H groups in total. The summed E-state index contributed by atoms with van der Waals surface area (Å²) >= 11 is 6.02. The van der Waals surface area contributed by atoms with E-state index in [0.717, 1.165) is 75.6 Å². The number of hydrogen-bond donors (Lipinski definition) is 0. The van der Waals surface area contributed by atoms with Gasteiger partial charge in [0.15, 0.2) is 0 Å². The van der Waals surface area contributed by atoms with Gasteiger partial charge in [-0.2, -0.15) is 0 Å². The van der Waals surface area contributed by atoms with Crippen molar-refractivity contribution in [3.8, 4) is 5.75 Å². The third-order valence-electron chi connectivity index (χ3n) is 8.26. The van der Waals surface area contributed by atoms with Crippen molar-refractivity contribution in [2.75, 3.05) is 32.7 Å². The second-order valence-corrected chi connectivity index (χ2v) is 11.2. The average molecular weight is 535 g/mol. The van der Waals surface area contributed by atoms with Gasteiger partial charge in [-0.1, -0.05) is 30.2 Å². The Hall–Kier alpha value is -2.63. The van der Waals surface area contributed by atoms with E-state index in [-0.39, 0.29) is 6.04 Å². The van der Waals surface area contributed by atoms with Crippen molar-refractivity contribution in [1.82, 2.24) is 19.4 Å². The zero-order valence-corrected chi connectivity index (χ0v) is 23.2. The highest BCUT2D eigenvalue weighted by Crippen LogP contribution is 2.28. The predicted molar refractivity (Wildman–Crippen MR) is 154 cm³/mol. The van der Waals surface area contributed by atoms with Crippen LogP contribution in [-0.2, 0) is 17.9 Å². The molecule has 2 aliphatic heterocycles. The molecule has 0 saturated carbocycles. The third kappa shape index (κ3) is 6.50. The molecule has 0 spiro atoms. The zero-order chi connectivity index (χ0) is 26.3. The molecule has 38 heavy (non-hydrogen) atoms. The molecular weight excluding hydrogens is 496 g/mol. The van der Waals surface area contributed by atoms with Gasteiger partial charge in [0.1, 0.15) is 24.1 Å². The Labute approximate surface area is 231 Å². The average Bonchev–Trinajstić information content (AvgIpc) is 3.31. The first-order chi connectivity index (χ1) is 18.6. The first kappa shape index (κ1) is 27.0. The number of para-hydroxylation sites is 1. The maximum atomic E-state index is 11.3. The Morgan fingerprint density at radius 1 is 1.05 bits per heavy atom. The summed E-state index contributed by atoms with van der Waals surface area (Å²) in [5.74, 6) is 4.42. The number of carbonyl (C=O) groups excluding carboxylic acids is 1. The fraction of sp³-hybridized carbons (Fsp3) is 0.516. The molecule has 2 saturated heterocycles.